The Labute approximate surface area is 93.7 Å². The van der Waals surface area contributed by atoms with E-state index in [4.69, 9.17) is 19.3 Å². The van der Waals surface area contributed by atoms with Gasteiger partial charge in [0.1, 0.15) is 24.2 Å². The molecule has 0 radical (unpaired) electrons. The maximum atomic E-state index is 9.12. The number of hydrogen-bond acceptors (Lipinski definition) is 4. The summed E-state index contributed by atoms with van der Waals surface area (Å²) in [7, 11) is 0. The van der Waals surface area contributed by atoms with E-state index in [-0.39, 0.29) is 24.2 Å². The number of phenols is 1. The van der Waals surface area contributed by atoms with E-state index < -0.39 is 0 Å². The lowest BCUT2D eigenvalue weighted by atomic mass is 10.0. The van der Waals surface area contributed by atoms with Gasteiger partial charge in [-0.05, 0) is 24.3 Å². The molecule has 4 unspecified atom stereocenters. The molecule has 1 N–H and O–H groups in total. The maximum absolute atomic E-state index is 9.12. The van der Waals surface area contributed by atoms with Crippen molar-refractivity contribution < 1.29 is 19.3 Å². The van der Waals surface area contributed by atoms with Crippen LogP contribution < -0.4 is 4.74 Å². The predicted molar refractivity (Wildman–Crippen MR) is 56.3 cm³/mol. The number of rotatable bonds is 3. The molecular weight excluding hydrogens is 208 g/mol. The van der Waals surface area contributed by atoms with E-state index in [1.807, 2.05) is 0 Å². The van der Waals surface area contributed by atoms with Crippen molar-refractivity contribution in [2.75, 3.05) is 6.61 Å². The van der Waals surface area contributed by atoms with Gasteiger partial charge in [0.2, 0.25) is 0 Å². The largest absolute Gasteiger partial charge is 0.508 e. The molecule has 2 saturated heterocycles. The van der Waals surface area contributed by atoms with Gasteiger partial charge < -0.3 is 19.3 Å². The highest BCUT2D eigenvalue weighted by Gasteiger charge is 2.55. The first-order valence-corrected chi connectivity index (χ1v) is 5.47. The quantitative estimate of drug-likeness (QED) is 0.788. The molecule has 16 heavy (non-hydrogen) atoms. The standard InChI is InChI=1S/C12H14O4/c1-7-10(15-12-11(7)16-12)6-14-9-4-2-8(13)3-5-9/h2-5,7,10-13H,6H2,1H3. The van der Waals surface area contributed by atoms with Gasteiger partial charge in [0, 0.05) is 5.92 Å². The number of benzene rings is 1. The summed E-state index contributed by atoms with van der Waals surface area (Å²) in [6, 6.07) is 6.70. The topological polar surface area (TPSA) is 51.2 Å². The molecule has 2 fully saturated rings. The van der Waals surface area contributed by atoms with Gasteiger partial charge in [-0.1, -0.05) is 6.92 Å². The summed E-state index contributed by atoms with van der Waals surface area (Å²) in [6.45, 7) is 2.64. The molecule has 3 rings (SSSR count). The number of hydrogen-bond donors (Lipinski definition) is 1. The van der Waals surface area contributed by atoms with Gasteiger partial charge in [0.15, 0.2) is 6.29 Å². The Morgan fingerprint density at radius 1 is 1.25 bits per heavy atom. The van der Waals surface area contributed by atoms with E-state index in [1.54, 1.807) is 24.3 Å². The molecular formula is C12H14O4. The Morgan fingerprint density at radius 3 is 2.62 bits per heavy atom. The van der Waals surface area contributed by atoms with Crippen molar-refractivity contribution in [2.45, 2.75) is 25.4 Å². The van der Waals surface area contributed by atoms with Crippen LogP contribution in [0.25, 0.3) is 0 Å². The van der Waals surface area contributed by atoms with Crippen molar-refractivity contribution >= 4 is 0 Å². The molecule has 2 heterocycles. The predicted octanol–water partition coefficient (Wildman–Crippen LogP) is 1.53. The van der Waals surface area contributed by atoms with E-state index in [0.717, 1.165) is 5.75 Å². The van der Waals surface area contributed by atoms with Crippen LogP contribution in [0.1, 0.15) is 6.92 Å². The van der Waals surface area contributed by atoms with Gasteiger partial charge in [0.05, 0.1) is 6.10 Å². The third-order valence-electron chi connectivity index (χ3n) is 3.15. The fraction of sp³-hybridized carbons (Fsp3) is 0.500. The lowest BCUT2D eigenvalue weighted by molar-refractivity contribution is -0.0512. The van der Waals surface area contributed by atoms with Crippen molar-refractivity contribution in [3.05, 3.63) is 24.3 Å². The van der Waals surface area contributed by atoms with Gasteiger partial charge in [-0.25, -0.2) is 0 Å². The van der Waals surface area contributed by atoms with Crippen molar-refractivity contribution in [2.24, 2.45) is 5.92 Å². The highest BCUT2D eigenvalue weighted by Crippen LogP contribution is 2.41. The minimum Gasteiger partial charge on any atom is -0.508 e. The molecule has 2 aliphatic heterocycles. The van der Waals surface area contributed by atoms with Crippen LogP contribution in [-0.2, 0) is 9.47 Å². The molecule has 0 saturated carbocycles. The number of phenolic OH excluding ortho intramolecular Hbond substituents is 1. The minimum atomic E-state index is 0.00316. The summed E-state index contributed by atoms with van der Waals surface area (Å²) < 4.78 is 16.4. The van der Waals surface area contributed by atoms with Crippen LogP contribution >= 0.6 is 0 Å². The molecule has 4 heteroatoms. The van der Waals surface area contributed by atoms with Gasteiger partial charge in [0.25, 0.3) is 0 Å². The summed E-state index contributed by atoms with van der Waals surface area (Å²) in [6.07, 6.45) is 0.384. The molecule has 2 aliphatic rings. The molecule has 0 bridgehead atoms. The molecule has 86 valence electrons. The van der Waals surface area contributed by atoms with Crippen LogP contribution in [0.4, 0.5) is 0 Å². The van der Waals surface area contributed by atoms with Crippen LogP contribution in [0, 0.1) is 5.92 Å². The van der Waals surface area contributed by atoms with E-state index in [1.165, 1.54) is 0 Å². The fourth-order valence-electron chi connectivity index (χ4n) is 2.01. The third-order valence-corrected chi connectivity index (χ3v) is 3.15. The van der Waals surface area contributed by atoms with Crippen LogP contribution in [-0.4, -0.2) is 30.2 Å². The summed E-state index contributed by atoms with van der Waals surface area (Å²) in [4.78, 5) is 0. The first kappa shape index (κ1) is 9.93. The van der Waals surface area contributed by atoms with E-state index in [9.17, 15) is 0 Å². The zero-order valence-corrected chi connectivity index (χ0v) is 9.00. The van der Waals surface area contributed by atoms with Crippen LogP contribution in [0.5, 0.6) is 11.5 Å². The average Bonchev–Trinajstić information content (AvgIpc) is 2.99. The molecule has 1 aromatic carbocycles. The highest BCUT2D eigenvalue weighted by atomic mass is 16.8. The van der Waals surface area contributed by atoms with Crippen LogP contribution in [0.3, 0.4) is 0 Å². The molecule has 0 aliphatic carbocycles. The van der Waals surface area contributed by atoms with Gasteiger partial charge in [-0.3, -0.25) is 0 Å². The third kappa shape index (κ3) is 1.74. The lowest BCUT2D eigenvalue weighted by Crippen LogP contribution is -2.26. The summed E-state index contributed by atoms with van der Waals surface area (Å²) in [5.74, 6) is 1.38. The SMILES string of the molecule is CC1C(COc2ccc(O)cc2)OC2OC21. The van der Waals surface area contributed by atoms with Gasteiger partial charge in [-0.15, -0.1) is 0 Å². The van der Waals surface area contributed by atoms with E-state index in [2.05, 4.69) is 6.92 Å². The van der Waals surface area contributed by atoms with Crippen molar-refractivity contribution in [1.29, 1.82) is 0 Å². The van der Waals surface area contributed by atoms with Crippen LogP contribution in [0.2, 0.25) is 0 Å². The Hall–Kier alpha value is -1.26. The van der Waals surface area contributed by atoms with Crippen molar-refractivity contribution in [1.82, 2.24) is 0 Å². The molecule has 0 aromatic heterocycles. The molecule has 4 atom stereocenters. The first-order chi connectivity index (χ1) is 7.74. The highest BCUT2D eigenvalue weighted by molar-refractivity contribution is 5.30. The Bertz CT molecular complexity index is 375. The second kappa shape index (κ2) is 3.64. The molecule has 4 nitrogen and oxygen atoms in total. The second-order valence-electron chi connectivity index (χ2n) is 4.31. The molecule has 0 amide bonds. The normalized spacial score (nSPS) is 35.8. The minimum absolute atomic E-state index is 0.00316. The summed E-state index contributed by atoms with van der Waals surface area (Å²) in [5.41, 5.74) is 0. The van der Waals surface area contributed by atoms with E-state index in [0.29, 0.717) is 12.5 Å². The Kier molecular flexibility index (Phi) is 2.26. The molecule has 1 aromatic rings. The Balaban J connectivity index is 1.55. The number of fused-ring (bicyclic) bond motifs is 1. The van der Waals surface area contributed by atoms with Gasteiger partial charge in [-0.2, -0.15) is 0 Å². The number of aromatic hydroxyl groups is 1. The molecule has 0 spiro atoms. The second-order valence-corrected chi connectivity index (χ2v) is 4.31. The van der Waals surface area contributed by atoms with E-state index >= 15 is 0 Å². The maximum Gasteiger partial charge on any atom is 0.185 e. The first-order valence-electron chi connectivity index (χ1n) is 5.47. The fourth-order valence-corrected chi connectivity index (χ4v) is 2.01. The summed E-state index contributed by atoms with van der Waals surface area (Å²) >= 11 is 0. The van der Waals surface area contributed by atoms with Crippen molar-refractivity contribution in [3.63, 3.8) is 0 Å². The van der Waals surface area contributed by atoms with Crippen molar-refractivity contribution in [3.8, 4) is 11.5 Å². The Morgan fingerprint density at radius 2 is 2.00 bits per heavy atom. The monoisotopic (exact) mass is 222 g/mol. The zero-order valence-electron chi connectivity index (χ0n) is 9.00. The summed E-state index contributed by atoms with van der Waals surface area (Å²) in [5, 5.41) is 9.12. The number of ether oxygens (including phenoxy) is 3. The average molecular weight is 222 g/mol. The smallest absolute Gasteiger partial charge is 0.185 e. The lowest BCUT2D eigenvalue weighted by Gasteiger charge is -2.17. The zero-order chi connectivity index (χ0) is 11.1. The van der Waals surface area contributed by atoms with Gasteiger partial charge >= 0.3 is 0 Å². The number of epoxide rings is 1. The van der Waals surface area contributed by atoms with Crippen LogP contribution in [0.15, 0.2) is 24.3 Å².